The second kappa shape index (κ2) is 10.8. The van der Waals surface area contributed by atoms with Gasteiger partial charge in [-0.1, -0.05) is 60.1 Å². The number of likely N-dealkylation sites (N-methyl/N-ethyl adjacent to an activating group) is 1. The van der Waals surface area contributed by atoms with Crippen molar-refractivity contribution in [3.63, 3.8) is 0 Å². The lowest BCUT2D eigenvalue weighted by atomic mass is 9.95. The van der Waals surface area contributed by atoms with E-state index in [0.29, 0.717) is 23.4 Å². The number of hydrogen-bond donors (Lipinski definition) is 2. The molecule has 0 spiro atoms. The van der Waals surface area contributed by atoms with Gasteiger partial charge in [-0.2, -0.15) is 13.2 Å². The number of carbonyl (C=O) groups excluding carboxylic acids is 1. The molecule has 2 N–H and O–H groups in total. The summed E-state index contributed by atoms with van der Waals surface area (Å²) in [6.07, 6.45) is -2.21. The highest BCUT2D eigenvalue weighted by Crippen LogP contribution is 2.29. The zero-order chi connectivity index (χ0) is 24.0. The number of carbonyl (C=O) groups is 1. The van der Waals surface area contributed by atoms with Crippen molar-refractivity contribution in [2.45, 2.75) is 38.0 Å². The Bertz CT molecular complexity index is 1070. The minimum absolute atomic E-state index is 0.187. The Balaban J connectivity index is 1.87. The van der Waals surface area contributed by atoms with E-state index in [1.165, 1.54) is 12.3 Å². The molecule has 1 heterocycles. The van der Waals surface area contributed by atoms with Crippen LogP contribution >= 0.6 is 11.6 Å². The lowest BCUT2D eigenvalue weighted by Gasteiger charge is -2.26. The summed E-state index contributed by atoms with van der Waals surface area (Å²) in [6, 6.07) is 16.6. The first-order chi connectivity index (χ1) is 15.7. The normalized spacial score (nSPS) is 13.4. The maximum atomic E-state index is 12.8. The summed E-state index contributed by atoms with van der Waals surface area (Å²) in [5.41, 5.74) is 2.40. The van der Waals surface area contributed by atoms with Gasteiger partial charge >= 0.3 is 6.18 Å². The lowest BCUT2D eigenvalue weighted by Crippen LogP contribution is -2.38. The average molecular weight is 476 g/mol. The first-order valence-electron chi connectivity index (χ1n) is 10.5. The zero-order valence-electron chi connectivity index (χ0n) is 18.3. The van der Waals surface area contributed by atoms with E-state index in [1.54, 1.807) is 13.1 Å². The topological polar surface area (TPSA) is 54.0 Å². The van der Waals surface area contributed by atoms with Crippen LogP contribution in [0.25, 0.3) is 0 Å². The van der Waals surface area contributed by atoms with E-state index in [4.69, 9.17) is 11.6 Å². The predicted molar refractivity (Wildman–Crippen MR) is 123 cm³/mol. The summed E-state index contributed by atoms with van der Waals surface area (Å²) in [6.45, 7) is 1.90. The molecule has 0 saturated carbocycles. The molecule has 1 aromatic heterocycles. The molecule has 0 saturated heterocycles. The van der Waals surface area contributed by atoms with Crippen molar-refractivity contribution in [1.82, 2.24) is 15.6 Å². The minimum atomic E-state index is -4.47. The Morgan fingerprint density at radius 2 is 1.79 bits per heavy atom. The van der Waals surface area contributed by atoms with Crippen LogP contribution in [0.5, 0.6) is 0 Å². The van der Waals surface area contributed by atoms with Gasteiger partial charge in [-0.25, -0.2) is 0 Å². The smallest absolute Gasteiger partial charge is 0.358 e. The molecular weight excluding hydrogens is 451 g/mol. The van der Waals surface area contributed by atoms with Crippen LogP contribution in [0.4, 0.5) is 13.2 Å². The van der Waals surface area contributed by atoms with E-state index in [-0.39, 0.29) is 11.9 Å². The molecule has 174 valence electrons. The number of halogens is 4. The number of nitrogens with one attached hydrogen (secondary N) is 2. The largest absolute Gasteiger partial charge is 0.433 e. The number of pyridine rings is 1. The molecule has 8 heteroatoms. The number of amides is 1. The highest BCUT2D eigenvalue weighted by molar-refractivity contribution is 6.31. The molecule has 2 atom stereocenters. The first kappa shape index (κ1) is 24.7. The Kier molecular flexibility index (Phi) is 8.10. The lowest BCUT2D eigenvalue weighted by molar-refractivity contribution is -0.141. The van der Waals surface area contributed by atoms with Crippen LogP contribution in [0, 0.1) is 6.92 Å². The molecule has 33 heavy (non-hydrogen) atoms. The van der Waals surface area contributed by atoms with Gasteiger partial charge in [-0.3, -0.25) is 15.1 Å². The van der Waals surface area contributed by atoms with E-state index in [9.17, 15) is 18.0 Å². The number of nitrogens with zero attached hydrogens (tertiary/aromatic N) is 1. The number of rotatable bonds is 8. The van der Waals surface area contributed by atoms with Gasteiger partial charge in [0.05, 0.1) is 0 Å². The third-order valence-corrected chi connectivity index (χ3v) is 5.85. The van der Waals surface area contributed by atoms with Crippen LogP contribution in [-0.2, 0) is 17.4 Å². The Hall–Kier alpha value is -2.90. The van der Waals surface area contributed by atoms with Crippen molar-refractivity contribution in [3.05, 3.63) is 99.8 Å². The van der Waals surface area contributed by atoms with Gasteiger partial charge in [0.2, 0.25) is 5.91 Å². The summed E-state index contributed by atoms with van der Waals surface area (Å²) in [7, 11) is 1.58. The fourth-order valence-electron chi connectivity index (χ4n) is 3.60. The third kappa shape index (κ3) is 6.55. The number of hydrogen-bond acceptors (Lipinski definition) is 3. The van der Waals surface area contributed by atoms with E-state index in [1.807, 2.05) is 49.4 Å². The Labute approximate surface area is 196 Å². The molecule has 0 fully saturated rings. The van der Waals surface area contributed by atoms with Crippen molar-refractivity contribution < 1.29 is 18.0 Å². The van der Waals surface area contributed by atoms with Gasteiger partial charge in [0.1, 0.15) is 11.7 Å². The van der Waals surface area contributed by atoms with E-state index in [2.05, 4.69) is 15.6 Å². The van der Waals surface area contributed by atoms with Crippen molar-refractivity contribution in [2.75, 3.05) is 7.05 Å². The van der Waals surface area contributed by atoms with Gasteiger partial charge < -0.3 is 5.32 Å². The van der Waals surface area contributed by atoms with Crippen LogP contribution in [0.3, 0.4) is 0 Å². The SMILES string of the molecule is CNC(=O)C(N[C@H](CCc1ccc(C(F)(F)F)nc1)c1ccc(Cl)c(C)c1)c1ccccc1. The second-order valence-corrected chi connectivity index (χ2v) is 8.18. The van der Waals surface area contributed by atoms with Crippen molar-refractivity contribution >= 4 is 17.5 Å². The van der Waals surface area contributed by atoms with E-state index >= 15 is 0 Å². The van der Waals surface area contributed by atoms with E-state index in [0.717, 1.165) is 22.8 Å². The van der Waals surface area contributed by atoms with Gasteiger partial charge in [-0.05, 0) is 54.2 Å². The molecular formula is C25H25ClF3N3O. The first-order valence-corrected chi connectivity index (χ1v) is 10.9. The number of aromatic nitrogens is 1. The molecule has 0 aliphatic carbocycles. The van der Waals surface area contributed by atoms with Gasteiger partial charge in [0, 0.05) is 24.3 Å². The fraction of sp³-hybridized carbons (Fsp3) is 0.280. The van der Waals surface area contributed by atoms with Gasteiger partial charge in [0.15, 0.2) is 0 Å². The van der Waals surface area contributed by atoms with Crippen LogP contribution in [-0.4, -0.2) is 17.9 Å². The quantitative estimate of drug-likeness (QED) is 0.432. The maximum Gasteiger partial charge on any atom is 0.433 e. The summed E-state index contributed by atoms with van der Waals surface area (Å²) in [4.78, 5) is 16.2. The molecule has 1 unspecified atom stereocenters. The molecule has 3 rings (SSSR count). The number of alkyl halides is 3. The second-order valence-electron chi connectivity index (χ2n) is 7.77. The maximum absolute atomic E-state index is 12.8. The molecule has 1 amide bonds. The highest BCUT2D eigenvalue weighted by Gasteiger charge is 2.32. The molecule has 0 radical (unpaired) electrons. The predicted octanol–water partition coefficient (Wildman–Crippen LogP) is 5.81. The summed E-state index contributed by atoms with van der Waals surface area (Å²) < 4.78 is 38.5. The minimum Gasteiger partial charge on any atom is -0.358 e. The molecule has 0 aliphatic rings. The summed E-state index contributed by atoms with van der Waals surface area (Å²) in [5, 5.41) is 6.76. The van der Waals surface area contributed by atoms with Crippen LogP contribution in [0.15, 0.2) is 66.9 Å². The third-order valence-electron chi connectivity index (χ3n) is 5.43. The number of aryl methyl sites for hydroxylation is 2. The van der Waals surface area contributed by atoms with Gasteiger partial charge in [-0.15, -0.1) is 0 Å². The number of benzene rings is 2. The van der Waals surface area contributed by atoms with Crippen LogP contribution in [0.1, 0.15) is 46.5 Å². The monoisotopic (exact) mass is 475 g/mol. The van der Waals surface area contributed by atoms with Gasteiger partial charge in [0.25, 0.3) is 0 Å². The molecule has 3 aromatic rings. The van der Waals surface area contributed by atoms with Crippen LogP contribution in [0.2, 0.25) is 5.02 Å². The average Bonchev–Trinajstić information content (AvgIpc) is 2.81. The molecule has 0 bridgehead atoms. The molecule has 4 nitrogen and oxygen atoms in total. The molecule has 2 aromatic carbocycles. The summed E-state index contributed by atoms with van der Waals surface area (Å²) >= 11 is 6.20. The fourth-order valence-corrected chi connectivity index (χ4v) is 3.71. The summed E-state index contributed by atoms with van der Waals surface area (Å²) in [5.74, 6) is -0.187. The van der Waals surface area contributed by atoms with Crippen molar-refractivity contribution in [1.29, 1.82) is 0 Å². The van der Waals surface area contributed by atoms with E-state index < -0.39 is 17.9 Å². The van der Waals surface area contributed by atoms with Crippen LogP contribution < -0.4 is 10.6 Å². The molecule has 0 aliphatic heterocycles. The standard InChI is InChI=1S/C25H25ClF3N3O/c1-16-14-19(10-11-20(16)26)21(12-8-17-9-13-22(31-15-17)25(27,28)29)32-23(24(33)30-2)18-6-4-3-5-7-18/h3-7,9-11,13-15,21,23,32H,8,12H2,1-2H3,(H,30,33)/t21-,23?/m1/s1. The Morgan fingerprint density at radius 3 is 2.36 bits per heavy atom. The van der Waals surface area contributed by atoms with Crippen molar-refractivity contribution in [2.24, 2.45) is 0 Å². The van der Waals surface area contributed by atoms with Crippen molar-refractivity contribution in [3.8, 4) is 0 Å². The Morgan fingerprint density at radius 1 is 1.06 bits per heavy atom. The zero-order valence-corrected chi connectivity index (χ0v) is 19.0. The highest BCUT2D eigenvalue weighted by atomic mass is 35.5.